The Bertz CT molecular complexity index is 184. The lowest BCUT2D eigenvalue weighted by Crippen LogP contribution is -2.37. The number of nitrogens with one attached hydrogen (secondary N) is 1. The van der Waals surface area contributed by atoms with Crippen LogP contribution >= 0.6 is 0 Å². The van der Waals surface area contributed by atoms with Crippen molar-refractivity contribution in [3.8, 4) is 6.07 Å². The molecule has 82 valence electrons. The summed E-state index contributed by atoms with van der Waals surface area (Å²) in [5.74, 6) is 0. The number of nitrogens with zero attached hydrogens (tertiary/aromatic N) is 1. The van der Waals surface area contributed by atoms with Crippen LogP contribution in [0.4, 0.5) is 0 Å². The van der Waals surface area contributed by atoms with E-state index in [4.69, 9.17) is 10.4 Å². The van der Waals surface area contributed by atoms with E-state index in [1.807, 2.05) is 0 Å². The largest absolute Gasteiger partial charge is 0.396 e. The highest BCUT2D eigenvalue weighted by Crippen LogP contribution is 2.18. The average Bonchev–Trinajstić information content (AvgIpc) is 2.12. The van der Waals surface area contributed by atoms with Gasteiger partial charge in [0, 0.05) is 19.2 Å². The molecule has 0 radical (unpaired) electrons. The van der Waals surface area contributed by atoms with Gasteiger partial charge in [-0.15, -0.1) is 0 Å². The molecule has 0 aromatic heterocycles. The zero-order valence-corrected chi connectivity index (χ0v) is 9.51. The fourth-order valence-corrected chi connectivity index (χ4v) is 1.28. The third kappa shape index (κ3) is 5.95. The maximum Gasteiger partial charge on any atom is 0.0638 e. The number of hydrogen-bond donors (Lipinski definition) is 2. The lowest BCUT2D eigenvalue weighted by Gasteiger charge is -2.26. The second-order valence-corrected chi connectivity index (χ2v) is 4.49. The van der Waals surface area contributed by atoms with Crippen LogP contribution in [0.1, 0.15) is 40.0 Å². The fourth-order valence-electron chi connectivity index (χ4n) is 1.28. The van der Waals surface area contributed by atoms with Gasteiger partial charge in [-0.25, -0.2) is 0 Å². The van der Waals surface area contributed by atoms with Crippen LogP contribution in [0.2, 0.25) is 0 Å². The Kier molecular flexibility index (Phi) is 6.52. The summed E-state index contributed by atoms with van der Waals surface area (Å²) in [4.78, 5) is 0. The molecule has 0 saturated heterocycles. The van der Waals surface area contributed by atoms with Crippen molar-refractivity contribution in [1.29, 1.82) is 5.26 Å². The van der Waals surface area contributed by atoms with E-state index in [2.05, 4.69) is 32.2 Å². The second kappa shape index (κ2) is 6.80. The van der Waals surface area contributed by atoms with Crippen LogP contribution in [0.15, 0.2) is 0 Å². The first-order valence-corrected chi connectivity index (χ1v) is 5.27. The van der Waals surface area contributed by atoms with Crippen LogP contribution < -0.4 is 5.32 Å². The summed E-state index contributed by atoms with van der Waals surface area (Å²) >= 11 is 0. The SMILES string of the molecule is CCC(CC#N)NCC(C)(C)CCO. The van der Waals surface area contributed by atoms with E-state index in [0.29, 0.717) is 6.42 Å². The molecule has 0 aromatic carbocycles. The molecule has 0 rings (SSSR count). The molecule has 0 aromatic rings. The third-order valence-electron chi connectivity index (χ3n) is 2.49. The van der Waals surface area contributed by atoms with Gasteiger partial charge in [0.15, 0.2) is 0 Å². The van der Waals surface area contributed by atoms with Crippen molar-refractivity contribution in [2.24, 2.45) is 5.41 Å². The Hall–Kier alpha value is -0.590. The minimum atomic E-state index is 0.109. The zero-order valence-electron chi connectivity index (χ0n) is 9.51. The quantitative estimate of drug-likeness (QED) is 0.654. The zero-order chi connectivity index (χ0) is 11.0. The molecular formula is C11H22N2O. The van der Waals surface area contributed by atoms with Gasteiger partial charge in [0.1, 0.15) is 0 Å². The summed E-state index contributed by atoms with van der Waals surface area (Å²) in [6.07, 6.45) is 2.33. The van der Waals surface area contributed by atoms with E-state index in [9.17, 15) is 0 Å². The number of hydrogen-bond acceptors (Lipinski definition) is 3. The molecule has 14 heavy (non-hydrogen) atoms. The van der Waals surface area contributed by atoms with Gasteiger partial charge in [-0.1, -0.05) is 20.8 Å². The normalized spacial score (nSPS) is 13.6. The van der Waals surface area contributed by atoms with Crippen LogP contribution in [0, 0.1) is 16.7 Å². The summed E-state index contributed by atoms with van der Waals surface area (Å²) in [6.45, 7) is 7.40. The monoisotopic (exact) mass is 198 g/mol. The summed E-state index contributed by atoms with van der Waals surface area (Å²) in [5.41, 5.74) is 0.109. The maximum absolute atomic E-state index is 8.85. The summed E-state index contributed by atoms with van der Waals surface area (Å²) in [5, 5.41) is 20.8. The van der Waals surface area contributed by atoms with Crippen LogP contribution in [0.3, 0.4) is 0 Å². The lowest BCUT2D eigenvalue weighted by molar-refractivity contribution is 0.202. The molecule has 1 atom stereocenters. The van der Waals surface area contributed by atoms with Crippen molar-refractivity contribution >= 4 is 0 Å². The molecule has 0 aliphatic heterocycles. The molecule has 3 heteroatoms. The van der Waals surface area contributed by atoms with Gasteiger partial charge in [-0.3, -0.25) is 0 Å². The van der Waals surface area contributed by atoms with Gasteiger partial charge in [0.05, 0.1) is 12.5 Å². The highest BCUT2D eigenvalue weighted by molar-refractivity contribution is 4.82. The van der Waals surface area contributed by atoms with Crippen molar-refractivity contribution in [1.82, 2.24) is 5.32 Å². The molecule has 1 unspecified atom stereocenters. The number of nitriles is 1. The first-order chi connectivity index (χ1) is 6.55. The molecule has 0 heterocycles. The van der Waals surface area contributed by atoms with Crippen molar-refractivity contribution in [2.45, 2.75) is 46.1 Å². The van der Waals surface area contributed by atoms with Crippen molar-refractivity contribution in [3.05, 3.63) is 0 Å². The first-order valence-electron chi connectivity index (χ1n) is 5.27. The molecule has 0 bridgehead atoms. The van der Waals surface area contributed by atoms with Gasteiger partial charge in [0.2, 0.25) is 0 Å². The predicted octanol–water partition coefficient (Wildman–Crippen LogP) is 1.68. The number of aliphatic hydroxyl groups excluding tert-OH is 1. The Morgan fingerprint density at radius 1 is 1.50 bits per heavy atom. The van der Waals surface area contributed by atoms with Gasteiger partial charge >= 0.3 is 0 Å². The summed E-state index contributed by atoms with van der Waals surface area (Å²) < 4.78 is 0. The van der Waals surface area contributed by atoms with Gasteiger partial charge < -0.3 is 10.4 Å². The standard InChI is InChI=1S/C11H22N2O/c1-4-10(5-7-12)13-9-11(2,3)6-8-14/h10,13-14H,4-6,8-9H2,1-3H3. The number of aliphatic hydroxyl groups is 1. The van der Waals surface area contributed by atoms with Crippen LogP contribution in [0.25, 0.3) is 0 Å². The molecule has 0 aliphatic rings. The van der Waals surface area contributed by atoms with Gasteiger partial charge in [-0.2, -0.15) is 5.26 Å². The van der Waals surface area contributed by atoms with Crippen LogP contribution in [-0.2, 0) is 0 Å². The Morgan fingerprint density at radius 3 is 2.57 bits per heavy atom. The third-order valence-corrected chi connectivity index (χ3v) is 2.49. The summed E-state index contributed by atoms with van der Waals surface area (Å²) in [6, 6.07) is 2.46. The second-order valence-electron chi connectivity index (χ2n) is 4.49. The van der Waals surface area contributed by atoms with Gasteiger partial charge in [0.25, 0.3) is 0 Å². The molecule has 0 saturated carbocycles. The van der Waals surface area contributed by atoms with Crippen molar-refractivity contribution in [2.75, 3.05) is 13.2 Å². The lowest BCUT2D eigenvalue weighted by atomic mass is 9.89. The van der Waals surface area contributed by atoms with Crippen molar-refractivity contribution < 1.29 is 5.11 Å². The topological polar surface area (TPSA) is 56.0 Å². The molecule has 2 N–H and O–H groups in total. The Morgan fingerprint density at radius 2 is 2.14 bits per heavy atom. The van der Waals surface area contributed by atoms with Crippen LogP contribution in [0.5, 0.6) is 0 Å². The molecule has 0 aliphatic carbocycles. The van der Waals surface area contributed by atoms with Gasteiger partial charge in [-0.05, 0) is 18.3 Å². The highest BCUT2D eigenvalue weighted by Gasteiger charge is 2.18. The van der Waals surface area contributed by atoms with E-state index in [-0.39, 0.29) is 18.1 Å². The molecular weight excluding hydrogens is 176 g/mol. The molecule has 0 amide bonds. The molecule has 0 spiro atoms. The van der Waals surface area contributed by atoms with E-state index >= 15 is 0 Å². The summed E-state index contributed by atoms with van der Waals surface area (Å²) in [7, 11) is 0. The first kappa shape index (κ1) is 13.4. The maximum atomic E-state index is 8.85. The molecule has 0 fully saturated rings. The highest BCUT2D eigenvalue weighted by atomic mass is 16.3. The number of rotatable bonds is 7. The fraction of sp³-hybridized carbons (Fsp3) is 0.909. The minimum absolute atomic E-state index is 0.109. The molecule has 3 nitrogen and oxygen atoms in total. The van der Waals surface area contributed by atoms with E-state index in [1.165, 1.54) is 0 Å². The average molecular weight is 198 g/mol. The van der Waals surface area contributed by atoms with E-state index < -0.39 is 0 Å². The minimum Gasteiger partial charge on any atom is -0.396 e. The van der Waals surface area contributed by atoms with Crippen LogP contribution in [-0.4, -0.2) is 24.3 Å². The Labute approximate surface area is 87.1 Å². The van der Waals surface area contributed by atoms with E-state index in [0.717, 1.165) is 19.4 Å². The van der Waals surface area contributed by atoms with Crippen molar-refractivity contribution in [3.63, 3.8) is 0 Å². The Balaban J connectivity index is 3.84. The smallest absolute Gasteiger partial charge is 0.0638 e. The predicted molar refractivity (Wildman–Crippen MR) is 57.8 cm³/mol. The van der Waals surface area contributed by atoms with E-state index in [1.54, 1.807) is 0 Å².